The van der Waals surface area contributed by atoms with Gasteiger partial charge in [-0.2, -0.15) is 5.10 Å². The molecule has 2 heterocycles. The minimum absolute atomic E-state index is 0.0910. The molecule has 0 atom stereocenters. The Labute approximate surface area is 91.3 Å². The molecule has 7 heteroatoms. The normalized spacial score (nSPS) is 10.0. The summed E-state index contributed by atoms with van der Waals surface area (Å²) in [6.45, 7) is 0.0910. The molecule has 0 saturated heterocycles. The third kappa shape index (κ3) is 2.53. The molecule has 0 aliphatic rings. The third-order valence-corrected chi connectivity index (χ3v) is 1.80. The van der Waals surface area contributed by atoms with Gasteiger partial charge in [0.25, 0.3) is 0 Å². The highest BCUT2D eigenvalue weighted by Crippen LogP contribution is 1.99. The summed E-state index contributed by atoms with van der Waals surface area (Å²) in [6.07, 6.45) is 6.13. The van der Waals surface area contributed by atoms with Gasteiger partial charge >= 0.3 is 0 Å². The molecular formula is C9H10N6O. The molecule has 16 heavy (non-hydrogen) atoms. The van der Waals surface area contributed by atoms with E-state index in [1.165, 1.54) is 23.3 Å². The van der Waals surface area contributed by atoms with Gasteiger partial charge < -0.3 is 11.1 Å². The summed E-state index contributed by atoms with van der Waals surface area (Å²) in [5, 5.41) is 6.48. The van der Waals surface area contributed by atoms with Gasteiger partial charge in [-0.3, -0.25) is 14.5 Å². The fourth-order valence-corrected chi connectivity index (χ4v) is 1.16. The molecule has 0 aromatic carbocycles. The van der Waals surface area contributed by atoms with Crippen LogP contribution in [0.1, 0.15) is 0 Å². The third-order valence-electron chi connectivity index (χ3n) is 1.80. The molecule has 0 aliphatic heterocycles. The SMILES string of the molecule is Nc1ccn(CC(=O)Nc2cnccn2)n1. The molecule has 2 aromatic rings. The second-order valence-corrected chi connectivity index (χ2v) is 3.08. The lowest BCUT2D eigenvalue weighted by molar-refractivity contribution is -0.116. The molecule has 0 saturated carbocycles. The zero-order chi connectivity index (χ0) is 11.4. The maximum absolute atomic E-state index is 11.5. The molecule has 0 bridgehead atoms. The highest BCUT2D eigenvalue weighted by Gasteiger charge is 2.04. The zero-order valence-corrected chi connectivity index (χ0v) is 8.37. The monoisotopic (exact) mass is 218 g/mol. The van der Waals surface area contributed by atoms with Gasteiger partial charge in [0.15, 0.2) is 5.82 Å². The molecule has 0 spiro atoms. The number of anilines is 2. The van der Waals surface area contributed by atoms with Crippen LogP contribution < -0.4 is 11.1 Å². The number of amides is 1. The van der Waals surface area contributed by atoms with Crippen molar-refractivity contribution in [2.24, 2.45) is 0 Å². The summed E-state index contributed by atoms with van der Waals surface area (Å²) in [5.41, 5.74) is 5.42. The first-order chi connectivity index (χ1) is 7.74. The Kier molecular flexibility index (Phi) is 2.77. The summed E-state index contributed by atoms with van der Waals surface area (Å²) >= 11 is 0. The van der Waals surface area contributed by atoms with E-state index in [1.807, 2.05) is 0 Å². The summed E-state index contributed by atoms with van der Waals surface area (Å²) in [6, 6.07) is 1.62. The Balaban J connectivity index is 1.95. The Hall–Kier alpha value is -2.44. The second kappa shape index (κ2) is 4.39. The quantitative estimate of drug-likeness (QED) is 0.749. The lowest BCUT2D eigenvalue weighted by Crippen LogP contribution is -2.19. The molecule has 1 amide bonds. The van der Waals surface area contributed by atoms with Gasteiger partial charge in [-0.15, -0.1) is 0 Å². The number of nitrogens with two attached hydrogens (primary N) is 1. The Morgan fingerprint density at radius 3 is 3.00 bits per heavy atom. The van der Waals surface area contributed by atoms with Gasteiger partial charge in [0.1, 0.15) is 12.4 Å². The van der Waals surface area contributed by atoms with Crippen molar-refractivity contribution < 1.29 is 4.79 Å². The van der Waals surface area contributed by atoms with Crippen molar-refractivity contribution in [3.63, 3.8) is 0 Å². The number of hydrogen-bond acceptors (Lipinski definition) is 5. The molecule has 2 aromatic heterocycles. The Morgan fingerprint density at radius 1 is 1.50 bits per heavy atom. The topological polar surface area (TPSA) is 98.7 Å². The summed E-state index contributed by atoms with van der Waals surface area (Å²) in [5.74, 6) is 0.559. The van der Waals surface area contributed by atoms with E-state index in [4.69, 9.17) is 5.73 Å². The van der Waals surface area contributed by atoms with Crippen LogP contribution in [0.2, 0.25) is 0 Å². The van der Waals surface area contributed by atoms with Crippen molar-refractivity contribution in [2.45, 2.75) is 6.54 Å². The molecule has 7 nitrogen and oxygen atoms in total. The van der Waals surface area contributed by atoms with Crippen LogP contribution in [0.25, 0.3) is 0 Å². The van der Waals surface area contributed by atoms with E-state index in [9.17, 15) is 4.79 Å². The van der Waals surface area contributed by atoms with Crippen LogP contribution in [0.4, 0.5) is 11.6 Å². The lowest BCUT2D eigenvalue weighted by Gasteiger charge is -2.03. The highest BCUT2D eigenvalue weighted by atomic mass is 16.2. The minimum atomic E-state index is -0.233. The number of carbonyl (C=O) groups excluding carboxylic acids is 1. The van der Waals surface area contributed by atoms with Crippen molar-refractivity contribution in [3.05, 3.63) is 30.9 Å². The van der Waals surface area contributed by atoms with E-state index in [-0.39, 0.29) is 12.5 Å². The van der Waals surface area contributed by atoms with Crippen LogP contribution in [0.3, 0.4) is 0 Å². The summed E-state index contributed by atoms with van der Waals surface area (Å²) < 4.78 is 1.45. The maximum atomic E-state index is 11.5. The first-order valence-corrected chi connectivity index (χ1v) is 4.59. The van der Waals surface area contributed by atoms with Gasteiger partial charge in [-0.1, -0.05) is 0 Å². The maximum Gasteiger partial charge on any atom is 0.247 e. The van der Waals surface area contributed by atoms with Crippen molar-refractivity contribution in [1.29, 1.82) is 0 Å². The first kappa shape index (κ1) is 10.1. The summed E-state index contributed by atoms with van der Waals surface area (Å²) in [7, 11) is 0. The largest absolute Gasteiger partial charge is 0.382 e. The number of aromatic nitrogens is 4. The fraction of sp³-hybridized carbons (Fsp3) is 0.111. The standard InChI is InChI=1S/C9H10N6O/c10-7-1-4-15(14-7)6-9(16)13-8-5-11-2-3-12-8/h1-5H,6H2,(H2,10,14)(H,12,13,16). The van der Waals surface area contributed by atoms with Crippen LogP contribution in [-0.2, 0) is 11.3 Å². The molecule has 0 radical (unpaired) electrons. The number of carbonyl (C=O) groups is 1. The lowest BCUT2D eigenvalue weighted by atomic mass is 10.5. The van der Waals surface area contributed by atoms with Crippen molar-refractivity contribution in [3.8, 4) is 0 Å². The van der Waals surface area contributed by atoms with E-state index in [0.717, 1.165) is 0 Å². The molecule has 3 N–H and O–H groups in total. The van der Waals surface area contributed by atoms with E-state index in [2.05, 4.69) is 20.4 Å². The predicted octanol–water partition coefficient (Wildman–Crippen LogP) is -0.106. The van der Waals surface area contributed by atoms with Gasteiger partial charge in [0.05, 0.1) is 6.20 Å². The average Bonchev–Trinajstić information content (AvgIpc) is 2.65. The van der Waals surface area contributed by atoms with Crippen molar-refractivity contribution in [1.82, 2.24) is 19.7 Å². The van der Waals surface area contributed by atoms with Crippen LogP contribution in [0, 0.1) is 0 Å². The highest BCUT2D eigenvalue weighted by molar-refractivity contribution is 5.89. The number of hydrogen-bond donors (Lipinski definition) is 2. The van der Waals surface area contributed by atoms with Gasteiger partial charge in [0.2, 0.25) is 5.91 Å². The molecular weight excluding hydrogens is 208 g/mol. The first-order valence-electron chi connectivity index (χ1n) is 4.59. The van der Waals surface area contributed by atoms with Crippen LogP contribution in [0.5, 0.6) is 0 Å². The number of rotatable bonds is 3. The Morgan fingerprint density at radius 2 is 2.38 bits per heavy atom. The number of nitrogens with zero attached hydrogens (tertiary/aromatic N) is 4. The predicted molar refractivity (Wildman–Crippen MR) is 57.3 cm³/mol. The molecule has 2 rings (SSSR count). The number of nitrogens with one attached hydrogen (secondary N) is 1. The minimum Gasteiger partial charge on any atom is -0.382 e. The van der Waals surface area contributed by atoms with E-state index < -0.39 is 0 Å². The average molecular weight is 218 g/mol. The van der Waals surface area contributed by atoms with Gasteiger partial charge in [0, 0.05) is 18.6 Å². The number of nitrogen functional groups attached to an aromatic ring is 1. The van der Waals surface area contributed by atoms with E-state index in [0.29, 0.717) is 11.6 Å². The summed E-state index contributed by atoms with van der Waals surface area (Å²) in [4.78, 5) is 19.3. The molecule has 82 valence electrons. The van der Waals surface area contributed by atoms with Crippen LogP contribution in [0.15, 0.2) is 30.9 Å². The van der Waals surface area contributed by atoms with E-state index >= 15 is 0 Å². The van der Waals surface area contributed by atoms with Crippen molar-refractivity contribution in [2.75, 3.05) is 11.1 Å². The van der Waals surface area contributed by atoms with Gasteiger partial charge in [-0.25, -0.2) is 4.98 Å². The zero-order valence-electron chi connectivity index (χ0n) is 8.37. The molecule has 0 aliphatic carbocycles. The molecule has 0 fully saturated rings. The van der Waals surface area contributed by atoms with Crippen LogP contribution >= 0.6 is 0 Å². The van der Waals surface area contributed by atoms with Crippen molar-refractivity contribution >= 4 is 17.5 Å². The van der Waals surface area contributed by atoms with Gasteiger partial charge in [-0.05, 0) is 6.07 Å². The van der Waals surface area contributed by atoms with E-state index in [1.54, 1.807) is 12.3 Å². The van der Waals surface area contributed by atoms with Crippen LogP contribution in [-0.4, -0.2) is 25.7 Å². The molecule has 0 unspecified atom stereocenters. The Bertz CT molecular complexity index is 480. The second-order valence-electron chi connectivity index (χ2n) is 3.08. The smallest absolute Gasteiger partial charge is 0.247 e. The fourth-order valence-electron chi connectivity index (χ4n) is 1.16.